The van der Waals surface area contributed by atoms with Crippen LogP contribution in [0.3, 0.4) is 0 Å². The summed E-state index contributed by atoms with van der Waals surface area (Å²) in [6, 6.07) is 0. The second-order valence-electron chi connectivity index (χ2n) is 10.4. The minimum atomic E-state index is -2.12. The fraction of sp³-hybridized carbons (Fsp3) is 0.810. The maximum Gasteiger partial charge on any atom is 0.411 e. The first kappa shape index (κ1) is 26.0. The predicted molar refractivity (Wildman–Crippen MR) is 119 cm³/mol. The van der Waals surface area contributed by atoms with E-state index in [1.165, 1.54) is 12.0 Å². The predicted octanol–water partition coefficient (Wildman–Crippen LogP) is 5.11. The van der Waals surface area contributed by atoms with Crippen molar-refractivity contribution < 1.29 is 23.5 Å². The smallest absolute Gasteiger partial charge is 0.411 e. The normalized spacial score (nSPS) is 23.1. The van der Waals surface area contributed by atoms with E-state index in [9.17, 15) is 9.59 Å². The van der Waals surface area contributed by atoms with Crippen LogP contribution in [-0.2, 0) is 18.7 Å². The van der Waals surface area contributed by atoms with Crippen molar-refractivity contribution in [2.24, 2.45) is 0 Å². The van der Waals surface area contributed by atoms with E-state index in [0.717, 1.165) is 0 Å². The molecule has 168 valence electrons. The first-order chi connectivity index (χ1) is 13.0. The summed E-state index contributed by atoms with van der Waals surface area (Å²) in [6.45, 7) is 20.4. The molecule has 2 atom stereocenters. The molecule has 0 aromatic heterocycles. The van der Waals surface area contributed by atoms with Gasteiger partial charge in [-0.25, -0.2) is 9.59 Å². The molecule has 1 aliphatic rings. The van der Waals surface area contributed by atoms with Crippen molar-refractivity contribution in [2.45, 2.75) is 89.8 Å². The van der Waals surface area contributed by atoms with Crippen molar-refractivity contribution in [3.63, 3.8) is 0 Å². The second-order valence-corrected chi connectivity index (χ2v) is 15.4. The molecule has 0 saturated carbocycles. The van der Waals surface area contributed by atoms with E-state index >= 15 is 0 Å². The lowest BCUT2D eigenvalue weighted by Crippen LogP contribution is -2.55. The molecule has 6 nitrogen and oxygen atoms in total. The molecule has 1 fully saturated rings. The van der Waals surface area contributed by atoms with E-state index < -0.39 is 31.5 Å². The molecular formula is C21H38ClNO5Si. The van der Waals surface area contributed by atoms with Gasteiger partial charge in [0.2, 0.25) is 0 Å². The Kier molecular flexibility index (Phi) is 8.05. The van der Waals surface area contributed by atoms with Crippen LogP contribution in [0, 0.1) is 0 Å². The van der Waals surface area contributed by atoms with Crippen molar-refractivity contribution in [1.82, 2.24) is 4.90 Å². The molecule has 0 N–H and O–H groups in total. The number of hydrogen-bond donors (Lipinski definition) is 0. The Morgan fingerprint density at radius 3 is 2.17 bits per heavy atom. The molecule has 29 heavy (non-hydrogen) atoms. The fourth-order valence-electron chi connectivity index (χ4n) is 3.25. The summed E-state index contributed by atoms with van der Waals surface area (Å²) in [5, 5.41) is -0.000000433. The number of methoxy groups -OCH3 is 1. The number of alkyl halides is 1. The van der Waals surface area contributed by atoms with Crippen molar-refractivity contribution in [3.05, 3.63) is 12.2 Å². The van der Waals surface area contributed by atoms with Crippen molar-refractivity contribution in [3.8, 4) is 0 Å². The molecule has 0 aliphatic carbocycles. The topological polar surface area (TPSA) is 65.1 Å². The lowest BCUT2D eigenvalue weighted by atomic mass is 9.88. The maximum absolute atomic E-state index is 13.1. The average molecular weight is 448 g/mol. The maximum atomic E-state index is 13.1. The highest BCUT2D eigenvalue weighted by molar-refractivity contribution is 6.74. The van der Waals surface area contributed by atoms with Gasteiger partial charge in [-0.15, -0.1) is 11.6 Å². The van der Waals surface area contributed by atoms with Crippen LogP contribution in [0.5, 0.6) is 0 Å². The van der Waals surface area contributed by atoms with Gasteiger partial charge < -0.3 is 13.9 Å². The molecule has 1 amide bonds. The van der Waals surface area contributed by atoms with E-state index in [0.29, 0.717) is 12.0 Å². The Labute approximate surface area is 182 Å². The van der Waals surface area contributed by atoms with Crippen molar-refractivity contribution >= 4 is 32.0 Å². The number of rotatable bonds is 6. The fourth-order valence-corrected chi connectivity index (χ4v) is 4.69. The molecule has 0 aromatic rings. The molecule has 1 heterocycles. The number of carbonyl (C=O) groups is 2. The van der Waals surface area contributed by atoms with Crippen LogP contribution in [0.15, 0.2) is 12.2 Å². The van der Waals surface area contributed by atoms with Gasteiger partial charge >= 0.3 is 12.1 Å². The first-order valence-corrected chi connectivity index (χ1v) is 13.4. The minimum Gasteiger partial charge on any atom is -0.467 e. The van der Waals surface area contributed by atoms with Gasteiger partial charge in [-0.2, -0.15) is 0 Å². The number of amides is 1. The molecular weight excluding hydrogens is 410 g/mol. The van der Waals surface area contributed by atoms with Gasteiger partial charge in [0.1, 0.15) is 11.1 Å². The summed E-state index contributed by atoms with van der Waals surface area (Å²) in [5.41, 5.74) is -1.28. The molecule has 1 aliphatic heterocycles. The Hall–Kier alpha value is -1.05. The van der Waals surface area contributed by atoms with Gasteiger partial charge in [-0.3, -0.25) is 4.90 Å². The Morgan fingerprint density at radius 2 is 1.76 bits per heavy atom. The Morgan fingerprint density at radius 1 is 1.21 bits per heavy atom. The SMILES string of the molecule is C=C(CCl)C[C@@]1(C(=O)OC)CC(O[Si](C)(C)C(C)(C)C)CN1C(=O)OC(C)(C)C. The lowest BCUT2D eigenvalue weighted by Gasteiger charge is -2.38. The molecule has 8 heteroatoms. The van der Waals surface area contributed by atoms with Crippen LogP contribution < -0.4 is 0 Å². The number of esters is 1. The number of halogens is 1. The zero-order chi connectivity index (χ0) is 22.8. The molecule has 0 bridgehead atoms. The highest BCUT2D eigenvalue weighted by Crippen LogP contribution is 2.43. The number of carbonyl (C=O) groups excluding carboxylic acids is 2. The van der Waals surface area contributed by atoms with Crippen LogP contribution in [0.25, 0.3) is 0 Å². The van der Waals surface area contributed by atoms with E-state index in [4.69, 9.17) is 25.5 Å². The van der Waals surface area contributed by atoms with Gasteiger partial charge in [-0.1, -0.05) is 32.9 Å². The molecule has 1 saturated heterocycles. The lowest BCUT2D eigenvalue weighted by molar-refractivity contribution is -0.153. The highest BCUT2D eigenvalue weighted by atomic mass is 35.5. The van der Waals surface area contributed by atoms with Gasteiger partial charge in [0.25, 0.3) is 0 Å². The van der Waals surface area contributed by atoms with Gasteiger partial charge in [0.05, 0.1) is 19.8 Å². The third-order valence-corrected chi connectivity index (χ3v) is 10.6. The third-order valence-electron chi connectivity index (χ3n) is 5.65. The Balaban J connectivity index is 3.35. The summed E-state index contributed by atoms with van der Waals surface area (Å²) in [4.78, 5) is 27.5. The number of nitrogens with zero attached hydrogens (tertiary/aromatic N) is 1. The van der Waals surface area contributed by atoms with Gasteiger partial charge in [0, 0.05) is 18.7 Å². The third kappa shape index (κ3) is 6.21. The van der Waals surface area contributed by atoms with E-state index in [-0.39, 0.29) is 30.0 Å². The monoisotopic (exact) mass is 447 g/mol. The van der Waals surface area contributed by atoms with Crippen molar-refractivity contribution in [2.75, 3.05) is 19.5 Å². The molecule has 0 radical (unpaired) electrons. The first-order valence-electron chi connectivity index (χ1n) is 9.98. The summed E-state index contributed by atoms with van der Waals surface area (Å²) in [5.74, 6) is -0.315. The number of likely N-dealkylation sites (tertiary alicyclic amines) is 1. The summed E-state index contributed by atoms with van der Waals surface area (Å²) < 4.78 is 17.3. The van der Waals surface area contributed by atoms with E-state index in [1.54, 1.807) is 20.8 Å². The second kappa shape index (κ2) is 8.98. The van der Waals surface area contributed by atoms with Crippen LogP contribution in [-0.4, -0.2) is 62.1 Å². The van der Waals surface area contributed by atoms with Crippen LogP contribution in [0.1, 0.15) is 54.4 Å². The van der Waals surface area contributed by atoms with Crippen LogP contribution >= 0.6 is 11.6 Å². The van der Waals surface area contributed by atoms with Crippen LogP contribution in [0.2, 0.25) is 18.1 Å². The quantitative estimate of drug-likeness (QED) is 0.245. The van der Waals surface area contributed by atoms with Gasteiger partial charge in [0.15, 0.2) is 8.32 Å². The highest BCUT2D eigenvalue weighted by Gasteiger charge is 2.57. The zero-order valence-electron chi connectivity index (χ0n) is 19.5. The van der Waals surface area contributed by atoms with Crippen molar-refractivity contribution in [1.29, 1.82) is 0 Å². The molecule has 0 aromatic carbocycles. The van der Waals surface area contributed by atoms with E-state index in [2.05, 4.69) is 40.4 Å². The summed E-state index contributed by atoms with van der Waals surface area (Å²) in [6.07, 6.45) is -0.335. The molecule has 0 spiro atoms. The van der Waals surface area contributed by atoms with E-state index in [1.807, 2.05) is 0 Å². The minimum absolute atomic E-state index is 0.000000433. The number of ether oxygens (including phenoxy) is 2. The van der Waals surface area contributed by atoms with Gasteiger partial charge in [-0.05, 0) is 38.9 Å². The zero-order valence-corrected chi connectivity index (χ0v) is 21.2. The Bertz CT molecular complexity index is 638. The van der Waals surface area contributed by atoms with Crippen LogP contribution in [0.4, 0.5) is 4.79 Å². The summed E-state index contributed by atoms with van der Waals surface area (Å²) >= 11 is 5.97. The molecule has 1 unspecified atom stereocenters. The average Bonchev–Trinajstić information content (AvgIpc) is 2.89. The number of hydrogen-bond acceptors (Lipinski definition) is 5. The largest absolute Gasteiger partial charge is 0.467 e. The standard InChI is InChI=1S/C21H38ClNO5Si/c1-15(13-22)11-21(17(24)26-8)12-16(28-29(9,10)20(5,6)7)14-23(21)18(25)27-19(2,3)4/h16H,1,11-14H2,2-10H3/t16?,21-/m0/s1. The summed E-state index contributed by atoms with van der Waals surface area (Å²) in [7, 11) is -0.794. The molecule has 1 rings (SSSR count).